The number of hydrogen-bond acceptors (Lipinski definition) is 2. The molecule has 2 heteroatoms. The van der Waals surface area contributed by atoms with E-state index in [1.54, 1.807) is 0 Å². The van der Waals surface area contributed by atoms with Crippen LogP contribution < -0.4 is 11.1 Å². The monoisotopic (exact) mass is 190 g/mol. The second-order valence-corrected chi connectivity index (χ2v) is 4.33. The summed E-state index contributed by atoms with van der Waals surface area (Å²) in [6.07, 6.45) is 2.30. The van der Waals surface area contributed by atoms with Crippen LogP contribution in [0.4, 0.5) is 5.69 Å². The fourth-order valence-corrected chi connectivity index (χ4v) is 2.26. The van der Waals surface area contributed by atoms with E-state index in [0.29, 0.717) is 12.1 Å². The molecule has 76 valence electrons. The molecule has 0 saturated heterocycles. The maximum Gasteiger partial charge on any atom is 0.0349 e. The molecule has 0 aromatic heterocycles. The quantitative estimate of drug-likeness (QED) is 0.702. The summed E-state index contributed by atoms with van der Waals surface area (Å²) >= 11 is 0. The lowest BCUT2D eigenvalue weighted by molar-refractivity contribution is 0.475. The zero-order valence-corrected chi connectivity index (χ0v) is 8.88. The van der Waals surface area contributed by atoms with Crippen LogP contribution in [0.2, 0.25) is 0 Å². The fraction of sp³-hybridized carbons (Fsp3) is 0.500. The summed E-state index contributed by atoms with van der Waals surface area (Å²) in [4.78, 5) is 0. The van der Waals surface area contributed by atoms with Crippen molar-refractivity contribution in [1.82, 2.24) is 5.32 Å². The van der Waals surface area contributed by atoms with Crippen molar-refractivity contribution >= 4 is 5.69 Å². The van der Waals surface area contributed by atoms with E-state index >= 15 is 0 Å². The van der Waals surface area contributed by atoms with Crippen LogP contribution in [-0.4, -0.2) is 6.04 Å². The Labute approximate surface area is 85.5 Å². The number of anilines is 1. The summed E-state index contributed by atoms with van der Waals surface area (Å²) in [7, 11) is 0. The maximum atomic E-state index is 5.94. The number of hydrogen-bond donors (Lipinski definition) is 2. The standard InChI is InChI=1S/C12H18N2/c1-8(2)14-12-7-6-9-10(12)4-3-5-11(9)13/h3-5,8,12,14H,6-7,13H2,1-2H3. The number of benzene rings is 1. The Morgan fingerprint density at radius 3 is 2.93 bits per heavy atom. The molecule has 2 nitrogen and oxygen atoms in total. The third-order valence-corrected chi connectivity index (χ3v) is 2.84. The number of fused-ring (bicyclic) bond motifs is 1. The van der Waals surface area contributed by atoms with Gasteiger partial charge < -0.3 is 11.1 Å². The van der Waals surface area contributed by atoms with Crippen LogP contribution in [0.25, 0.3) is 0 Å². The molecule has 1 aliphatic rings. The summed E-state index contributed by atoms with van der Waals surface area (Å²) in [5, 5.41) is 3.57. The van der Waals surface area contributed by atoms with E-state index in [9.17, 15) is 0 Å². The van der Waals surface area contributed by atoms with Crippen molar-refractivity contribution in [2.45, 2.75) is 38.8 Å². The lowest BCUT2D eigenvalue weighted by Crippen LogP contribution is -2.26. The van der Waals surface area contributed by atoms with Gasteiger partial charge in [0.25, 0.3) is 0 Å². The van der Waals surface area contributed by atoms with Crippen LogP contribution >= 0.6 is 0 Å². The molecule has 0 amide bonds. The van der Waals surface area contributed by atoms with Gasteiger partial charge in [0, 0.05) is 17.8 Å². The van der Waals surface area contributed by atoms with Crippen molar-refractivity contribution in [3.63, 3.8) is 0 Å². The van der Waals surface area contributed by atoms with E-state index in [4.69, 9.17) is 5.73 Å². The molecule has 1 aliphatic carbocycles. The van der Waals surface area contributed by atoms with Gasteiger partial charge in [-0.15, -0.1) is 0 Å². The molecule has 0 fully saturated rings. The van der Waals surface area contributed by atoms with Crippen molar-refractivity contribution in [3.05, 3.63) is 29.3 Å². The second-order valence-electron chi connectivity index (χ2n) is 4.33. The molecular weight excluding hydrogens is 172 g/mol. The zero-order valence-electron chi connectivity index (χ0n) is 8.88. The Morgan fingerprint density at radius 2 is 2.21 bits per heavy atom. The first-order valence-electron chi connectivity index (χ1n) is 5.32. The second kappa shape index (κ2) is 3.62. The van der Waals surface area contributed by atoms with Crippen molar-refractivity contribution in [1.29, 1.82) is 0 Å². The van der Waals surface area contributed by atoms with E-state index in [0.717, 1.165) is 12.1 Å². The van der Waals surface area contributed by atoms with Crippen LogP contribution in [0.15, 0.2) is 18.2 Å². The predicted octanol–water partition coefficient (Wildman–Crippen LogP) is 2.25. The average Bonchev–Trinajstić information content (AvgIpc) is 2.49. The predicted molar refractivity (Wildman–Crippen MR) is 60.2 cm³/mol. The van der Waals surface area contributed by atoms with Crippen LogP contribution in [0.1, 0.15) is 37.4 Å². The smallest absolute Gasteiger partial charge is 0.0349 e. The van der Waals surface area contributed by atoms with Gasteiger partial charge >= 0.3 is 0 Å². The van der Waals surface area contributed by atoms with Gasteiger partial charge in [0.05, 0.1) is 0 Å². The van der Waals surface area contributed by atoms with Crippen LogP contribution in [-0.2, 0) is 6.42 Å². The van der Waals surface area contributed by atoms with Gasteiger partial charge in [-0.25, -0.2) is 0 Å². The molecule has 2 rings (SSSR count). The summed E-state index contributed by atoms with van der Waals surface area (Å²) in [5.41, 5.74) is 9.65. The van der Waals surface area contributed by atoms with Crippen molar-refractivity contribution < 1.29 is 0 Å². The number of nitrogens with one attached hydrogen (secondary N) is 1. The highest BCUT2D eigenvalue weighted by molar-refractivity contribution is 5.54. The summed E-state index contributed by atoms with van der Waals surface area (Å²) in [5.74, 6) is 0. The van der Waals surface area contributed by atoms with E-state index in [1.807, 2.05) is 6.07 Å². The van der Waals surface area contributed by atoms with Gasteiger partial charge in [0.2, 0.25) is 0 Å². The topological polar surface area (TPSA) is 38.0 Å². The Kier molecular flexibility index (Phi) is 2.46. The van der Waals surface area contributed by atoms with E-state index in [2.05, 4.69) is 31.3 Å². The zero-order chi connectivity index (χ0) is 10.1. The number of nitrogen functional groups attached to an aromatic ring is 1. The number of nitrogens with two attached hydrogens (primary N) is 1. The third kappa shape index (κ3) is 1.62. The van der Waals surface area contributed by atoms with Gasteiger partial charge in [-0.1, -0.05) is 26.0 Å². The molecule has 1 atom stereocenters. The molecule has 3 N–H and O–H groups in total. The molecule has 0 heterocycles. The molecule has 1 aromatic rings. The lowest BCUT2D eigenvalue weighted by Gasteiger charge is -2.17. The van der Waals surface area contributed by atoms with Crippen molar-refractivity contribution in [3.8, 4) is 0 Å². The van der Waals surface area contributed by atoms with Crippen LogP contribution in [0.3, 0.4) is 0 Å². The van der Waals surface area contributed by atoms with Crippen LogP contribution in [0.5, 0.6) is 0 Å². The molecule has 0 bridgehead atoms. The van der Waals surface area contributed by atoms with Crippen molar-refractivity contribution in [2.75, 3.05) is 5.73 Å². The molecule has 0 aliphatic heterocycles. The van der Waals surface area contributed by atoms with Gasteiger partial charge in [-0.3, -0.25) is 0 Å². The Bertz CT molecular complexity index is 331. The largest absolute Gasteiger partial charge is 0.398 e. The Morgan fingerprint density at radius 1 is 1.43 bits per heavy atom. The van der Waals surface area contributed by atoms with E-state index < -0.39 is 0 Å². The van der Waals surface area contributed by atoms with E-state index in [1.165, 1.54) is 17.5 Å². The van der Waals surface area contributed by atoms with Gasteiger partial charge in [-0.05, 0) is 30.0 Å². The number of rotatable bonds is 2. The first-order chi connectivity index (χ1) is 6.68. The van der Waals surface area contributed by atoms with Crippen molar-refractivity contribution in [2.24, 2.45) is 0 Å². The molecule has 0 radical (unpaired) electrons. The summed E-state index contributed by atoms with van der Waals surface area (Å²) in [6, 6.07) is 7.28. The molecule has 0 spiro atoms. The highest BCUT2D eigenvalue weighted by Crippen LogP contribution is 2.34. The average molecular weight is 190 g/mol. The summed E-state index contributed by atoms with van der Waals surface area (Å²) in [6.45, 7) is 4.37. The van der Waals surface area contributed by atoms with E-state index in [-0.39, 0.29) is 0 Å². The lowest BCUT2D eigenvalue weighted by atomic mass is 10.1. The minimum Gasteiger partial charge on any atom is -0.398 e. The molecule has 14 heavy (non-hydrogen) atoms. The minimum atomic E-state index is 0.508. The van der Waals surface area contributed by atoms with Gasteiger partial charge in [0.15, 0.2) is 0 Å². The van der Waals surface area contributed by atoms with Gasteiger partial charge in [-0.2, -0.15) is 0 Å². The highest BCUT2D eigenvalue weighted by atomic mass is 14.9. The van der Waals surface area contributed by atoms with Crippen LogP contribution in [0, 0.1) is 0 Å². The minimum absolute atomic E-state index is 0.508. The fourth-order valence-electron chi connectivity index (χ4n) is 2.26. The maximum absolute atomic E-state index is 5.94. The highest BCUT2D eigenvalue weighted by Gasteiger charge is 2.23. The SMILES string of the molecule is CC(C)NC1CCc2c(N)cccc21. The van der Waals surface area contributed by atoms with Gasteiger partial charge in [0.1, 0.15) is 0 Å². The molecule has 1 unspecified atom stereocenters. The first-order valence-corrected chi connectivity index (χ1v) is 5.32. The Hall–Kier alpha value is -1.02. The Balaban J connectivity index is 2.26. The normalized spacial score (nSPS) is 20.1. The summed E-state index contributed by atoms with van der Waals surface area (Å²) < 4.78 is 0. The third-order valence-electron chi connectivity index (χ3n) is 2.84. The molecule has 1 aromatic carbocycles. The molecular formula is C12H18N2. The molecule has 0 saturated carbocycles. The first kappa shape index (κ1) is 9.53.